The maximum absolute atomic E-state index is 11.9. The Bertz CT molecular complexity index is 578. The summed E-state index contributed by atoms with van der Waals surface area (Å²) >= 11 is 0. The Morgan fingerprint density at radius 1 is 1.29 bits per heavy atom. The first kappa shape index (κ1) is 18.3. The van der Waals surface area contributed by atoms with Gasteiger partial charge in [0, 0.05) is 38.6 Å². The zero-order valence-electron chi connectivity index (χ0n) is 14.5. The van der Waals surface area contributed by atoms with Crippen LogP contribution in [0.3, 0.4) is 0 Å². The van der Waals surface area contributed by atoms with E-state index in [1.807, 2.05) is 45.0 Å². The molecule has 1 atom stereocenters. The second kappa shape index (κ2) is 7.66. The van der Waals surface area contributed by atoms with E-state index in [4.69, 9.17) is 9.84 Å². The van der Waals surface area contributed by atoms with Gasteiger partial charge in [0.1, 0.15) is 5.60 Å². The van der Waals surface area contributed by atoms with Gasteiger partial charge in [0.05, 0.1) is 0 Å². The fourth-order valence-corrected chi connectivity index (χ4v) is 2.60. The van der Waals surface area contributed by atoms with Gasteiger partial charge in [0.25, 0.3) is 0 Å². The molecule has 1 aliphatic rings. The highest BCUT2D eigenvalue weighted by atomic mass is 16.6. The molecule has 0 radical (unpaired) electrons. The molecule has 0 aromatic heterocycles. The van der Waals surface area contributed by atoms with Crippen LogP contribution in [0.5, 0.6) is 0 Å². The molecule has 2 amide bonds. The van der Waals surface area contributed by atoms with Crippen molar-refractivity contribution in [3.63, 3.8) is 0 Å². The molecule has 1 saturated heterocycles. The molecule has 0 bridgehead atoms. The fraction of sp³-hybridized carbons (Fsp3) is 0.556. The molecule has 0 saturated carbocycles. The SMILES string of the molecule is CC(C)(C)OC(=O)NCc1ccc(CN2CC(CO)CC2=O)cc1. The minimum Gasteiger partial charge on any atom is -0.444 e. The Morgan fingerprint density at radius 3 is 2.46 bits per heavy atom. The van der Waals surface area contributed by atoms with Crippen LogP contribution in [0.4, 0.5) is 4.79 Å². The molecule has 2 N–H and O–H groups in total. The molecular formula is C18H26N2O4. The highest BCUT2D eigenvalue weighted by molar-refractivity contribution is 5.78. The van der Waals surface area contributed by atoms with E-state index >= 15 is 0 Å². The summed E-state index contributed by atoms with van der Waals surface area (Å²) in [5.41, 5.74) is 1.48. The van der Waals surface area contributed by atoms with Crippen molar-refractivity contribution >= 4 is 12.0 Å². The monoisotopic (exact) mass is 334 g/mol. The number of amides is 2. The first-order valence-corrected chi connectivity index (χ1v) is 8.20. The minimum absolute atomic E-state index is 0.0507. The predicted molar refractivity (Wildman–Crippen MR) is 90.1 cm³/mol. The van der Waals surface area contributed by atoms with Crippen molar-refractivity contribution in [2.75, 3.05) is 13.2 Å². The number of likely N-dealkylation sites (tertiary alicyclic amines) is 1. The Kier molecular flexibility index (Phi) is 5.83. The van der Waals surface area contributed by atoms with Crippen LogP contribution in [0.2, 0.25) is 0 Å². The van der Waals surface area contributed by atoms with Gasteiger partial charge in [-0.1, -0.05) is 24.3 Å². The normalized spacial score (nSPS) is 17.9. The van der Waals surface area contributed by atoms with Gasteiger partial charge in [-0.05, 0) is 31.9 Å². The number of rotatable bonds is 5. The summed E-state index contributed by atoms with van der Waals surface area (Å²) in [4.78, 5) is 25.3. The summed E-state index contributed by atoms with van der Waals surface area (Å²) in [5.74, 6) is 0.138. The van der Waals surface area contributed by atoms with Gasteiger partial charge in [0.15, 0.2) is 0 Å². The number of carbonyl (C=O) groups excluding carboxylic acids is 2. The van der Waals surface area contributed by atoms with Crippen molar-refractivity contribution in [1.82, 2.24) is 10.2 Å². The largest absolute Gasteiger partial charge is 0.444 e. The average molecular weight is 334 g/mol. The van der Waals surface area contributed by atoms with Crippen LogP contribution >= 0.6 is 0 Å². The minimum atomic E-state index is -0.511. The lowest BCUT2D eigenvalue weighted by Crippen LogP contribution is -2.32. The lowest BCUT2D eigenvalue weighted by Gasteiger charge is -2.19. The number of ether oxygens (including phenoxy) is 1. The van der Waals surface area contributed by atoms with Crippen LogP contribution in [-0.2, 0) is 22.6 Å². The van der Waals surface area contributed by atoms with Crippen molar-refractivity contribution in [3.8, 4) is 0 Å². The summed E-state index contributed by atoms with van der Waals surface area (Å²) in [7, 11) is 0. The molecule has 1 aliphatic heterocycles. The van der Waals surface area contributed by atoms with Crippen molar-refractivity contribution < 1.29 is 19.4 Å². The Balaban J connectivity index is 1.83. The van der Waals surface area contributed by atoms with Crippen LogP contribution in [0.1, 0.15) is 38.3 Å². The third kappa shape index (κ3) is 5.53. The van der Waals surface area contributed by atoms with E-state index in [2.05, 4.69) is 5.32 Å². The summed E-state index contributed by atoms with van der Waals surface area (Å²) < 4.78 is 5.19. The molecule has 1 unspecified atom stereocenters. The fourth-order valence-electron chi connectivity index (χ4n) is 2.60. The maximum atomic E-state index is 11.9. The number of hydrogen-bond donors (Lipinski definition) is 2. The third-order valence-corrected chi connectivity index (χ3v) is 3.78. The number of nitrogens with zero attached hydrogens (tertiary/aromatic N) is 1. The predicted octanol–water partition coefficient (Wildman–Crippen LogP) is 2.05. The van der Waals surface area contributed by atoms with Crippen molar-refractivity contribution in [2.45, 2.75) is 45.9 Å². The average Bonchev–Trinajstić information content (AvgIpc) is 2.85. The summed E-state index contributed by atoms with van der Waals surface area (Å²) in [6, 6.07) is 7.75. The molecule has 1 fully saturated rings. The number of hydrogen-bond acceptors (Lipinski definition) is 4. The molecule has 6 heteroatoms. The smallest absolute Gasteiger partial charge is 0.407 e. The van der Waals surface area contributed by atoms with Crippen LogP contribution in [-0.4, -0.2) is 40.8 Å². The van der Waals surface area contributed by atoms with Gasteiger partial charge in [-0.15, -0.1) is 0 Å². The quantitative estimate of drug-likeness (QED) is 0.864. The molecule has 0 spiro atoms. The molecule has 6 nitrogen and oxygen atoms in total. The highest BCUT2D eigenvalue weighted by Gasteiger charge is 2.28. The molecule has 132 valence electrons. The van der Waals surface area contributed by atoms with E-state index in [0.717, 1.165) is 11.1 Å². The lowest BCUT2D eigenvalue weighted by atomic mass is 10.1. The van der Waals surface area contributed by atoms with Crippen LogP contribution in [0.15, 0.2) is 24.3 Å². The van der Waals surface area contributed by atoms with E-state index in [-0.39, 0.29) is 18.4 Å². The summed E-state index contributed by atoms with van der Waals surface area (Å²) in [6.07, 6.45) is -0.0155. The van der Waals surface area contributed by atoms with Gasteiger partial charge in [0.2, 0.25) is 5.91 Å². The number of carbonyl (C=O) groups is 2. The molecule has 2 rings (SSSR count). The molecular weight excluding hydrogens is 308 g/mol. The Hall–Kier alpha value is -2.08. The first-order valence-electron chi connectivity index (χ1n) is 8.20. The Labute approximate surface area is 142 Å². The summed E-state index contributed by atoms with van der Waals surface area (Å²) in [6.45, 7) is 7.07. The van der Waals surface area contributed by atoms with Gasteiger partial charge in [-0.2, -0.15) is 0 Å². The van der Waals surface area contributed by atoms with Gasteiger partial charge >= 0.3 is 6.09 Å². The molecule has 1 aromatic rings. The van der Waals surface area contributed by atoms with Crippen molar-refractivity contribution in [3.05, 3.63) is 35.4 Å². The second-order valence-corrected chi connectivity index (χ2v) is 7.20. The molecule has 1 heterocycles. The molecule has 1 aromatic carbocycles. The van der Waals surface area contributed by atoms with Crippen molar-refractivity contribution in [2.24, 2.45) is 5.92 Å². The number of aliphatic hydroxyl groups is 1. The van der Waals surface area contributed by atoms with Crippen LogP contribution in [0.25, 0.3) is 0 Å². The van der Waals surface area contributed by atoms with E-state index in [1.54, 1.807) is 4.90 Å². The van der Waals surface area contributed by atoms with E-state index in [9.17, 15) is 9.59 Å². The zero-order chi connectivity index (χ0) is 17.7. The topological polar surface area (TPSA) is 78.9 Å². The van der Waals surface area contributed by atoms with Gasteiger partial charge in [-0.25, -0.2) is 4.79 Å². The van der Waals surface area contributed by atoms with Crippen LogP contribution < -0.4 is 5.32 Å². The first-order chi connectivity index (χ1) is 11.3. The lowest BCUT2D eigenvalue weighted by molar-refractivity contribution is -0.128. The number of alkyl carbamates (subject to hydrolysis) is 1. The van der Waals surface area contributed by atoms with E-state index in [0.29, 0.717) is 26.1 Å². The standard InChI is InChI=1S/C18H26N2O4/c1-18(2,3)24-17(23)19-9-13-4-6-14(7-5-13)10-20-11-15(12-21)8-16(20)22/h4-7,15,21H,8-12H2,1-3H3,(H,19,23). The zero-order valence-corrected chi connectivity index (χ0v) is 14.5. The third-order valence-electron chi connectivity index (χ3n) is 3.78. The maximum Gasteiger partial charge on any atom is 0.407 e. The van der Waals surface area contributed by atoms with Crippen molar-refractivity contribution in [1.29, 1.82) is 0 Å². The summed E-state index contributed by atoms with van der Waals surface area (Å²) in [5, 5.41) is 11.9. The number of nitrogens with one attached hydrogen (secondary N) is 1. The van der Waals surface area contributed by atoms with E-state index in [1.165, 1.54) is 0 Å². The van der Waals surface area contributed by atoms with Crippen LogP contribution in [0, 0.1) is 5.92 Å². The van der Waals surface area contributed by atoms with Gasteiger partial charge in [-0.3, -0.25) is 4.79 Å². The number of benzene rings is 1. The van der Waals surface area contributed by atoms with E-state index < -0.39 is 11.7 Å². The molecule has 24 heavy (non-hydrogen) atoms. The second-order valence-electron chi connectivity index (χ2n) is 7.20. The van der Waals surface area contributed by atoms with Gasteiger partial charge < -0.3 is 20.1 Å². The molecule has 0 aliphatic carbocycles. The Morgan fingerprint density at radius 2 is 1.92 bits per heavy atom. The highest BCUT2D eigenvalue weighted by Crippen LogP contribution is 2.19. The number of aliphatic hydroxyl groups excluding tert-OH is 1.